The number of nitrogens with zero attached hydrogens (tertiary/aromatic N) is 3. The van der Waals surface area contributed by atoms with E-state index in [1.807, 2.05) is 46.0 Å². The van der Waals surface area contributed by atoms with Crippen LogP contribution in [0.3, 0.4) is 0 Å². The molecule has 0 saturated carbocycles. The summed E-state index contributed by atoms with van der Waals surface area (Å²) < 4.78 is 7.13. The minimum atomic E-state index is -0.382. The molecule has 1 fully saturated rings. The highest BCUT2D eigenvalue weighted by molar-refractivity contribution is 5.87. The summed E-state index contributed by atoms with van der Waals surface area (Å²) in [5, 5.41) is 4.60. The molecule has 156 valence electrons. The summed E-state index contributed by atoms with van der Waals surface area (Å²) in [5.41, 5.74) is 2.28. The predicted octanol–water partition coefficient (Wildman–Crippen LogP) is 3.76. The van der Waals surface area contributed by atoms with Crippen LogP contribution in [0.2, 0.25) is 0 Å². The van der Waals surface area contributed by atoms with Crippen LogP contribution in [0.25, 0.3) is 0 Å². The smallest absolute Gasteiger partial charge is 0.358 e. The van der Waals surface area contributed by atoms with Crippen molar-refractivity contribution < 1.29 is 14.3 Å². The van der Waals surface area contributed by atoms with Gasteiger partial charge in [0.25, 0.3) is 0 Å². The maximum Gasteiger partial charge on any atom is 0.358 e. The highest BCUT2D eigenvalue weighted by atomic mass is 16.5. The van der Waals surface area contributed by atoms with Crippen molar-refractivity contribution in [2.45, 2.75) is 58.4 Å². The van der Waals surface area contributed by atoms with E-state index >= 15 is 0 Å². The number of amides is 1. The third kappa shape index (κ3) is 5.05. The molecule has 1 aromatic carbocycles. The molecule has 1 saturated heterocycles. The van der Waals surface area contributed by atoms with Gasteiger partial charge in [-0.15, -0.1) is 0 Å². The number of benzene rings is 1. The highest BCUT2D eigenvalue weighted by Crippen LogP contribution is 2.30. The fourth-order valence-electron chi connectivity index (χ4n) is 3.78. The van der Waals surface area contributed by atoms with Gasteiger partial charge in [0.2, 0.25) is 5.91 Å². The Balaban J connectivity index is 1.70. The third-order valence-corrected chi connectivity index (χ3v) is 5.35. The van der Waals surface area contributed by atoms with Gasteiger partial charge >= 0.3 is 5.97 Å². The van der Waals surface area contributed by atoms with Gasteiger partial charge < -0.3 is 9.64 Å². The van der Waals surface area contributed by atoms with Gasteiger partial charge in [-0.25, -0.2) is 4.79 Å². The van der Waals surface area contributed by atoms with Crippen LogP contribution in [0.4, 0.5) is 0 Å². The van der Waals surface area contributed by atoms with Gasteiger partial charge in [-0.3, -0.25) is 9.48 Å². The largest absolute Gasteiger partial charge is 0.461 e. The second-order valence-corrected chi connectivity index (χ2v) is 8.60. The molecule has 0 spiro atoms. The van der Waals surface area contributed by atoms with E-state index in [1.54, 1.807) is 6.92 Å². The van der Waals surface area contributed by atoms with Crippen molar-refractivity contribution in [1.29, 1.82) is 0 Å². The Hall–Kier alpha value is -2.63. The van der Waals surface area contributed by atoms with Crippen molar-refractivity contribution >= 4 is 11.9 Å². The van der Waals surface area contributed by atoms with Crippen LogP contribution in [-0.2, 0) is 21.4 Å². The van der Waals surface area contributed by atoms with E-state index in [-0.39, 0.29) is 23.3 Å². The van der Waals surface area contributed by atoms with E-state index in [0.29, 0.717) is 31.8 Å². The summed E-state index contributed by atoms with van der Waals surface area (Å²) in [5.74, 6) is -0.217. The normalized spacial score (nSPS) is 15.4. The van der Waals surface area contributed by atoms with Gasteiger partial charge in [0.05, 0.1) is 19.1 Å². The molecule has 2 aromatic rings. The summed E-state index contributed by atoms with van der Waals surface area (Å²) in [6, 6.07) is 11.9. The summed E-state index contributed by atoms with van der Waals surface area (Å²) in [6.45, 7) is 9.89. The summed E-state index contributed by atoms with van der Waals surface area (Å²) >= 11 is 0. The minimum Gasteiger partial charge on any atom is -0.461 e. The standard InChI is InChI=1S/C23H31N3O3/c1-5-29-22(28)19-16-20(23(2,3)4)26(24-19)18-11-13-25(14-12-18)21(27)15-17-9-7-6-8-10-17/h6-10,16,18H,5,11-15H2,1-4H3. The number of carbonyl (C=O) groups excluding carboxylic acids is 2. The molecular formula is C23H31N3O3. The van der Waals surface area contributed by atoms with Gasteiger partial charge in [0, 0.05) is 24.2 Å². The van der Waals surface area contributed by atoms with Crippen LogP contribution >= 0.6 is 0 Å². The molecule has 6 heteroatoms. The number of hydrogen-bond acceptors (Lipinski definition) is 4. The topological polar surface area (TPSA) is 64.4 Å². The lowest BCUT2D eigenvalue weighted by Crippen LogP contribution is -2.40. The molecule has 0 atom stereocenters. The number of carbonyl (C=O) groups is 2. The Labute approximate surface area is 172 Å². The fourth-order valence-corrected chi connectivity index (χ4v) is 3.78. The van der Waals surface area contributed by atoms with Crippen molar-refractivity contribution in [1.82, 2.24) is 14.7 Å². The Bertz CT molecular complexity index is 844. The van der Waals surface area contributed by atoms with Crippen molar-refractivity contribution in [2.75, 3.05) is 19.7 Å². The van der Waals surface area contributed by atoms with Gasteiger partial charge in [-0.2, -0.15) is 5.10 Å². The highest BCUT2D eigenvalue weighted by Gasteiger charge is 2.30. The average molecular weight is 398 g/mol. The van der Waals surface area contributed by atoms with Crippen LogP contribution in [0.1, 0.15) is 68.3 Å². The van der Waals surface area contributed by atoms with Crippen LogP contribution in [-0.4, -0.2) is 46.3 Å². The van der Waals surface area contributed by atoms with E-state index < -0.39 is 0 Å². The molecule has 1 aromatic heterocycles. The Kier molecular flexibility index (Phi) is 6.40. The minimum absolute atomic E-state index is 0.141. The van der Waals surface area contributed by atoms with Crippen molar-refractivity contribution in [3.8, 4) is 0 Å². The molecule has 1 amide bonds. The average Bonchev–Trinajstić information content (AvgIpc) is 3.15. The quantitative estimate of drug-likeness (QED) is 0.721. The second kappa shape index (κ2) is 8.80. The molecule has 0 N–H and O–H groups in total. The Morgan fingerprint density at radius 3 is 2.38 bits per heavy atom. The van der Waals surface area contributed by atoms with Crippen molar-refractivity contribution in [2.24, 2.45) is 0 Å². The number of hydrogen-bond donors (Lipinski definition) is 0. The SMILES string of the molecule is CCOC(=O)c1cc(C(C)(C)C)n(C2CCN(C(=O)Cc3ccccc3)CC2)n1. The molecule has 0 unspecified atom stereocenters. The lowest BCUT2D eigenvalue weighted by Gasteiger charge is -2.34. The number of aromatic nitrogens is 2. The Morgan fingerprint density at radius 1 is 1.14 bits per heavy atom. The zero-order valence-electron chi connectivity index (χ0n) is 17.9. The van der Waals surface area contributed by atoms with Crippen LogP contribution in [0, 0.1) is 0 Å². The predicted molar refractivity (Wildman–Crippen MR) is 112 cm³/mol. The van der Waals surface area contributed by atoms with E-state index in [9.17, 15) is 9.59 Å². The van der Waals surface area contributed by atoms with Crippen molar-refractivity contribution in [3.63, 3.8) is 0 Å². The fraction of sp³-hybridized carbons (Fsp3) is 0.522. The lowest BCUT2D eigenvalue weighted by atomic mass is 9.91. The van der Waals surface area contributed by atoms with E-state index in [0.717, 1.165) is 24.1 Å². The zero-order chi connectivity index (χ0) is 21.0. The van der Waals surface area contributed by atoms with E-state index in [4.69, 9.17) is 4.74 Å². The summed E-state index contributed by atoms with van der Waals surface area (Å²) in [6.07, 6.45) is 2.09. The monoisotopic (exact) mass is 397 g/mol. The Morgan fingerprint density at radius 2 is 1.79 bits per heavy atom. The molecule has 0 radical (unpaired) electrons. The molecule has 0 bridgehead atoms. The molecule has 6 nitrogen and oxygen atoms in total. The summed E-state index contributed by atoms with van der Waals surface area (Å²) in [4.78, 5) is 26.8. The maximum absolute atomic E-state index is 12.6. The molecule has 2 heterocycles. The van der Waals surface area contributed by atoms with Gasteiger partial charge in [0.15, 0.2) is 5.69 Å². The first-order valence-corrected chi connectivity index (χ1v) is 10.4. The van der Waals surface area contributed by atoms with Gasteiger partial charge in [0.1, 0.15) is 0 Å². The van der Waals surface area contributed by atoms with Crippen LogP contribution < -0.4 is 0 Å². The van der Waals surface area contributed by atoms with Gasteiger partial charge in [-0.1, -0.05) is 51.1 Å². The zero-order valence-corrected chi connectivity index (χ0v) is 17.9. The molecule has 1 aliphatic heterocycles. The summed E-state index contributed by atoms with van der Waals surface area (Å²) in [7, 11) is 0. The second-order valence-electron chi connectivity index (χ2n) is 8.60. The van der Waals surface area contributed by atoms with E-state index in [1.165, 1.54) is 0 Å². The number of esters is 1. The first-order chi connectivity index (χ1) is 13.8. The first-order valence-electron chi connectivity index (χ1n) is 10.4. The number of likely N-dealkylation sites (tertiary alicyclic amines) is 1. The van der Waals surface area contributed by atoms with Crippen LogP contribution in [0.15, 0.2) is 36.4 Å². The number of piperidine rings is 1. The van der Waals surface area contributed by atoms with Crippen LogP contribution in [0.5, 0.6) is 0 Å². The first kappa shape index (κ1) is 21.1. The van der Waals surface area contributed by atoms with Crippen molar-refractivity contribution in [3.05, 3.63) is 53.3 Å². The number of ether oxygens (including phenoxy) is 1. The molecule has 1 aliphatic rings. The lowest BCUT2D eigenvalue weighted by molar-refractivity contribution is -0.131. The molecular weight excluding hydrogens is 366 g/mol. The number of rotatable bonds is 5. The molecule has 3 rings (SSSR count). The maximum atomic E-state index is 12.6. The molecule has 29 heavy (non-hydrogen) atoms. The third-order valence-electron chi connectivity index (χ3n) is 5.35. The molecule has 0 aliphatic carbocycles. The van der Waals surface area contributed by atoms with E-state index in [2.05, 4.69) is 25.9 Å². The van der Waals surface area contributed by atoms with Gasteiger partial charge in [-0.05, 0) is 31.4 Å².